The Kier molecular flexibility index (Phi) is 11.9. The first-order valence-electron chi connectivity index (χ1n) is 46.6. The fourth-order valence-electron chi connectivity index (χ4n) is 15.6. The number of hydrogen-bond donors (Lipinski definition) is 0. The summed E-state index contributed by atoms with van der Waals surface area (Å²) in [5, 5.41) is 0.244. The molecule has 532 valence electrons. The van der Waals surface area contributed by atoms with Gasteiger partial charge in [-0.2, -0.15) is 0 Å². The summed E-state index contributed by atoms with van der Waals surface area (Å²) >= 11 is 0. The van der Waals surface area contributed by atoms with Crippen LogP contribution in [0.5, 0.6) is 0 Å². The van der Waals surface area contributed by atoms with Crippen molar-refractivity contribution in [3.05, 3.63) is 281 Å². The van der Waals surface area contributed by atoms with E-state index in [1.54, 1.807) is 27.3 Å². The van der Waals surface area contributed by atoms with Gasteiger partial charge in [0.05, 0.1) is 56.7 Å². The molecule has 0 spiro atoms. The lowest BCUT2D eigenvalue weighted by molar-refractivity contribution is 0.411. The fourth-order valence-corrected chi connectivity index (χ4v) is 15.6. The van der Waals surface area contributed by atoms with Crippen LogP contribution in [0.15, 0.2) is 242 Å². The molecule has 16 rings (SSSR count). The number of aromatic nitrogens is 2. The Morgan fingerprint density at radius 2 is 0.670 bits per heavy atom. The Hall–Kier alpha value is -10.1. The third-order valence-electron chi connectivity index (χ3n) is 21.5. The summed E-state index contributed by atoms with van der Waals surface area (Å²) in [6.45, 7) is 44.5. The molecule has 0 aliphatic carbocycles. The zero-order valence-corrected chi connectivity index (χ0v) is 65.1. The van der Waals surface area contributed by atoms with Gasteiger partial charge in [0, 0.05) is 69.5 Å². The molecule has 0 bridgehead atoms. The molecule has 0 atom stereocenters. The maximum absolute atomic E-state index is 10.9. The van der Waals surface area contributed by atoms with Gasteiger partial charge in [-0.05, 0) is 213 Å². The van der Waals surface area contributed by atoms with E-state index in [1.165, 1.54) is 0 Å². The monoisotopic (exact) mass is 1400 g/mol. The summed E-state index contributed by atoms with van der Waals surface area (Å²) < 4.78 is 184. The molecule has 12 aromatic carbocycles. The van der Waals surface area contributed by atoms with E-state index in [0.29, 0.717) is 61.7 Å². The summed E-state index contributed by atoms with van der Waals surface area (Å²) in [7, 11) is 0. The SMILES string of the molecule is [2H]c1c([2H])c([2H])c(-c2ccc3c(c2)c2c([2H])c([2H])c([2H])c([2H])c2n3-c2ccc3c(c2)N(c2ccc(C(C)(C)C)cc2-c2cc(C(C)(C)C)cc(C(C)(C)C)c2)c2cc(C([2H])([2H])C(C)(C)C)cc4c2B3c2ccc(-n3c5c([2H])c([2H])c([2H])c([2H])c5c5c([2H])c([2H])c([2H])c([2H])c53)cc2N4c2ccc(C(C)(C)C)cc2-c2cc(C(C)(C)C)cc(C(C)(C)C)c2)c([2H])c1[2H]. The maximum Gasteiger partial charge on any atom is 0.252 e. The van der Waals surface area contributed by atoms with Crippen LogP contribution in [0, 0.1) is 5.41 Å². The quantitative estimate of drug-likeness (QED) is 0.141. The van der Waals surface area contributed by atoms with Gasteiger partial charge in [0.2, 0.25) is 0 Å². The van der Waals surface area contributed by atoms with E-state index >= 15 is 0 Å². The lowest BCUT2D eigenvalue weighted by Crippen LogP contribution is -2.61. The van der Waals surface area contributed by atoms with Gasteiger partial charge < -0.3 is 18.9 Å². The third kappa shape index (κ3) is 12.3. The van der Waals surface area contributed by atoms with Gasteiger partial charge in [0.25, 0.3) is 6.71 Å². The number of hydrogen-bond acceptors (Lipinski definition) is 2. The Balaban J connectivity index is 1.13. The number of rotatable bonds is 8. The summed E-state index contributed by atoms with van der Waals surface area (Å²) in [6, 6.07) is 39.1. The van der Waals surface area contributed by atoms with Gasteiger partial charge in [-0.25, -0.2) is 0 Å². The van der Waals surface area contributed by atoms with E-state index in [4.69, 9.17) is 6.85 Å². The van der Waals surface area contributed by atoms with Crippen LogP contribution in [-0.4, -0.2) is 15.8 Å². The predicted octanol–water partition coefficient (Wildman–Crippen LogP) is 26.3. The highest BCUT2D eigenvalue weighted by Crippen LogP contribution is 2.53. The van der Waals surface area contributed by atoms with Crippen molar-refractivity contribution < 1.29 is 26.0 Å². The smallest absolute Gasteiger partial charge is 0.252 e. The number of para-hydroxylation sites is 3. The molecule has 0 saturated heterocycles. The third-order valence-corrected chi connectivity index (χ3v) is 21.5. The first-order chi connectivity index (χ1) is 57.8. The van der Waals surface area contributed by atoms with Gasteiger partial charge in [0.1, 0.15) is 0 Å². The highest BCUT2D eigenvalue weighted by molar-refractivity contribution is 7.00. The second-order valence-electron chi connectivity index (χ2n) is 36.5. The number of nitrogens with zero attached hydrogens (tertiary/aromatic N) is 4. The lowest BCUT2D eigenvalue weighted by atomic mass is 9.33. The first kappa shape index (κ1) is 51.2. The molecule has 14 aromatic rings. The molecule has 0 fully saturated rings. The van der Waals surface area contributed by atoms with Gasteiger partial charge >= 0.3 is 0 Å². The van der Waals surface area contributed by atoms with Crippen molar-refractivity contribution in [2.75, 3.05) is 9.80 Å². The van der Waals surface area contributed by atoms with Gasteiger partial charge in [-0.1, -0.05) is 297 Å². The van der Waals surface area contributed by atoms with Crippen molar-refractivity contribution in [1.29, 1.82) is 0 Å². The molecule has 2 aliphatic rings. The molecular formula is C101H105BN4. The van der Waals surface area contributed by atoms with Crippen LogP contribution >= 0.6 is 0 Å². The van der Waals surface area contributed by atoms with Gasteiger partial charge in [-0.15, -0.1) is 0 Å². The van der Waals surface area contributed by atoms with E-state index in [9.17, 15) is 19.2 Å². The average molecular weight is 1400 g/mol. The lowest BCUT2D eigenvalue weighted by Gasteiger charge is -2.45. The summed E-state index contributed by atoms with van der Waals surface area (Å²) in [6.07, 6.45) is -2.16. The van der Waals surface area contributed by atoms with E-state index in [1.807, 2.05) is 69.3 Å². The molecule has 0 amide bonds. The van der Waals surface area contributed by atoms with Crippen LogP contribution in [0.1, 0.15) is 210 Å². The van der Waals surface area contributed by atoms with Gasteiger partial charge in [-0.3, -0.25) is 0 Å². The molecule has 4 heterocycles. The van der Waals surface area contributed by atoms with Crippen molar-refractivity contribution in [3.63, 3.8) is 0 Å². The fraction of sp³-hybridized carbons (Fsp3) is 0.287. The molecule has 0 unspecified atom stereocenters. The van der Waals surface area contributed by atoms with Crippen LogP contribution in [0.25, 0.3) is 88.4 Å². The zero-order chi connectivity index (χ0) is 91.4. The van der Waals surface area contributed by atoms with Crippen LogP contribution in [0.3, 0.4) is 0 Å². The van der Waals surface area contributed by atoms with Crippen molar-refractivity contribution in [1.82, 2.24) is 9.13 Å². The zero-order valence-electron chi connectivity index (χ0n) is 84.1. The second-order valence-corrected chi connectivity index (χ2v) is 36.5. The standard InChI is InChI=1S/C101H105BN4/c1-95(2,3)62-63-49-92-94-93(50-63)106(88-48-41-69(97(7,8)9)59-80(88)67-53-72(100(16,17)18)57-73(54-67)101(19,20)21)91-61-75(104-86-38-30-27-35-78(86)81-55-65(39-46-89(81)104)64-31-23-22-24-32-64)43-45-83(91)102(94)82-44-42-74(103-84-36-28-25-33-76(84)77-34-26-29-37-85(77)103)60-90(82)105(92)87-47-40-68(96(4,5)6)58-79(87)66-51-70(98(10,11)12)56-71(52-66)99(13,14)15/h22-61H,62H2,1-21H3/i22D,23D,24D,25D,26D,27D,28D,29D,30D,31D,32D,33D,34D,35D,36D,37D,38D,62D2. The average Bonchev–Trinajstić information content (AvgIpc) is 1.56. The van der Waals surface area contributed by atoms with Crippen molar-refractivity contribution in [2.45, 2.75) is 184 Å². The summed E-state index contributed by atoms with van der Waals surface area (Å²) in [4.78, 5) is 4.46. The van der Waals surface area contributed by atoms with Crippen molar-refractivity contribution >= 4 is 101 Å². The Morgan fingerprint density at radius 3 is 1.07 bits per heavy atom. The van der Waals surface area contributed by atoms with Crippen molar-refractivity contribution in [2.24, 2.45) is 5.41 Å². The topological polar surface area (TPSA) is 16.3 Å². The highest BCUT2D eigenvalue weighted by atomic mass is 15.2. The molecule has 2 aromatic heterocycles. The first-order valence-corrected chi connectivity index (χ1v) is 37.1. The van der Waals surface area contributed by atoms with Gasteiger partial charge in [0.15, 0.2) is 0 Å². The maximum atomic E-state index is 10.9. The van der Waals surface area contributed by atoms with Crippen molar-refractivity contribution in [3.8, 4) is 44.8 Å². The summed E-state index contributed by atoms with van der Waals surface area (Å²) in [5.74, 6) is 0. The van der Waals surface area contributed by atoms with E-state index in [0.717, 1.165) is 66.6 Å². The molecule has 0 saturated carbocycles. The Bertz CT molecular complexity index is 6870. The van der Waals surface area contributed by atoms with E-state index in [2.05, 4.69) is 207 Å². The molecular weight excluding hydrogens is 1280 g/mol. The molecule has 5 heteroatoms. The van der Waals surface area contributed by atoms with Crippen LogP contribution < -0.4 is 26.2 Å². The Labute approximate surface area is 658 Å². The van der Waals surface area contributed by atoms with E-state index in [-0.39, 0.29) is 83.3 Å². The Morgan fingerprint density at radius 1 is 0.292 bits per heavy atom. The predicted molar refractivity (Wildman–Crippen MR) is 461 cm³/mol. The number of benzene rings is 12. The van der Waals surface area contributed by atoms with Crippen LogP contribution in [0.2, 0.25) is 0 Å². The minimum absolute atomic E-state index is 0.0741. The van der Waals surface area contributed by atoms with Crippen LogP contribution in [0.4, 0.5) is 34.1 Å². The molecule has 4 nitrogen and oxygen atoms in total. The number of anilines is 6. The molecule has 2 aliphatic heterocycles. The largest absolute Gasteiger partial charge is 0.311 e. The minimum Gasteiger partial charge on any atom is -0.311 e. The summed E-state index contributed by atoms with van der Waals surface area (Å²) in [5.41, 5.74) is 14.0. The normalized spacial score (nSPS) is 16.3. The molecule has 0 radical (unpaired) electrons. The van der Waals surface area contributed by atoms with Crippen LogP contribution in [-0.2, 0) is 38.9 Å². The second kappa shape index (κ2) is 24.7. The number of fused-ring (bicyclic) bond motifs is 10. The molecule has 106 heavy (non-hydrogen) atoms. The highest BCUT2D eigenvalue weighted by Gasteiger charge is 2.46. The molecule has 0 N–H and O–H groups in total. The van der Waals surface area contributed by atoms with E-state index < -0.39 is 120 Å². The minimum atomic E-state index is -2.16.